The standard InChI is InChI=1S/C17H25NO4S/c1-13-11-16(22-3)17(12-15(13)21-2)23(19,20)18-10-9-14-7-5-4-6-8-14/h7,11-12,18H,4-6,8-10H2,1-3H3. The third-order valence-electron chi connectivity index (χ3n) is 4.09. The summed E-state index contributed by atoms with van der Waals surface area (Å²) in [5.74, 6) is 0.855. The zero-order chi connectivity index (χ0) is 16.9. The smallest absolute Gasteiger partial charge is 0.244 e. The molecule has 0 saturated carbocycles. The first-order valence-electron chi connectivity index (χ1n) is 7.88. The molecule has 2 rings (SSSR count). The number of benzene rings is 1. The second-order valence-electron chi connectivity index (χ2n) is 5.73. The predicted molar refractivity (Wildman–Crippen MR) is 90.6 cm³/mol. The van der Waals surface area contributed by atoms with Crippen LogP contribution in [0.4, 0.5) is 0 Å². The van der Waals surface area contributed by atoms with E-state index in [1.807, 2.05) is 6.92 Å². The van der Waals surface area contributed by atoms with Gasteiger partial charge in [-0.2, -0.15) is 0 Å². The van der Waals surface area contributed by atoms with Gasteiger partial charge in [0.1, 0.15) is 16.4 Å². The molecule has 0 amide bonds. The van der Waals surface area contributed by atoms with Gasteiger partial charge in [-0.1, -0.05) is 11.6 Å². The molecule has 0 heterocycles. The van der Waals surface area contributed by atoms with Crippen molar-refractivity contribution < 1.29 is 17.9 Å². The van der Waals surface area contributed by atoms with Crippen LogP contribution in [0.2, 0.25) is 0 Å². The first kappa shape index (κ1) is 17.8. The van der Waals surface area contributed by atoms with Crippen molar-refractivity contribution in [2.24, 2.45) is 0 Å². The molecular formula is C17H25NO4S. The van der Waals surface area contributed by atoms with Gasteiger partial charge in [-0.15, -0.1) is 0 Å². The molecular weight excluding hydrogens is 314 g/mol. The molecule has 1 aliphatic carbocycles. The van der Waals surface area contributed by atoms with E-state index in [-0.39, 0.29) is 4.90 Å². The van der Waals surface area contributed by atoms with Crippen LogP contribution >= 0.6 is 0 Å². The van der Waals surface area contributed by atoms with Gasteiger partial charge >= 0.3 is 0 Å². The lowest BCUT2D eigenvalue weighted by Gasteiger charge is -2.15. The first-order chi connectivity index (χ1) is 11.0. The molecule has 1 aromatic carbocycles. The molecule has 0 atom stereocenters. The summed E-state index contributed by atoms with van der Waals surface area (Å²) in [4.78, 5) is 0.111. The number of methoxy groups -OCH3 is 2. The minimum Gasteiger partial charge on any atom is -0.496 e. The van der Waals surface area contributed by atoms with Crippen LogP contribution in [-0.2, 0) is 10.0 Å². The van der Waals surface area contributed by atoms with Crippen molar-refractivity contribution in [1.82, 2.24) is 4.72 Å². The van der Waals surface area contributed by atoms with Gasteiger partial charge in [-0.05, 0) is 50.7 Å². The lowest BCUT2D eigenvalue weighted by Crippen LogP contribution is -2.25. The third-order valence-corrected chi connectivity index (χ3v) is 5.58. The number of ether oxygens (including phenoxy) is 2. The van der Waals surface area contributed by atoms with Crippen molar-refractivity contribution in [3.8, 4) is 11.5 Å². The predicted octanol–water partition coefficient (Wildman–Crippen LogP) is 3.18. The summed E-state index contributed by atoms with van der Waals surface area (Å²) < 4.78 is 38.2. The quantitative estimate of drug-likeness (QED) is 0.775. The lowest BCUT2D eigenvalue weighted by molar-refractivity contribution is 0.390. The highest BCUT2D eigenvalue weighted by Crippen LogP contribution is 2.31. The highest BCUT2D eigenvalue weighted by molar-refractivity contribution is 7.89. The van der Waals surface area contributed by atoms with Gasteiger partial charge < -0.3 is 9.47 Å². The Kier molecular flexibility index (Phi) is 6.07. The number of hydrogen-bond acceptors (Lipinski definition) is 4. The van der Waals surface area contributed by atoms with Crippen LogP contribution < -0.4 is 14.2 Å². The van der Waals surface area contributed by atoms with Crippen LogP contribution in [0.3, 0.4) is 0 Å². The summed E-state index contributed by atoms with van der Waals surface area (Å²) in [6, 6.07) is 3.19. The van der Waals surface area contributed by atoms with Crippen LogP contribution in [0, 0.1) is 6.92 Å². The minimum absolute atomic E-state index is 0.111. The molecule has 0 unspecified atom stereocenters. The van der Waals surface area contributed by atoms with Gasteiger partial charge in [0.2, 0.25) is 10.0 Å². The van der Waals surface area contributed by atoms with Crippen LogP contribution in [-0.4, -0.2) is 29.2 Å². The molecule has 23 heavy (non-hydrogen) atoms. The molecule has 1 aromatic rings. The molecule has 1 N–H and O–H groups in total. The van der Waals surface area contributed by atoms with Gasteiger partial charge in [0.25, 0.3) is 0 Å². The monoisotopic (exact) mass is 339 g/mol. The number of sulfonamides is 1. The van der Waals surface area contributed by atoms with E-state index < -0.39 is 10.0 Å². The molecule has 0 saturated heterocycles. The lowest BCUT2D eigenvalue weighted by atomic mass is 9.97. The Morgan fingerprint density at radius 1 is 1.13 bits per heavy atom. The van der Waals surface area contributed by atoms with Crippen LogP contribution in [0.1, 0.15) is 37.7 Å². The summed E-state index contributed by atoms with van der Waals surface area (Å²) in [5.41, 5.74) is 2.17. The number of rotatable bonds is 7. The molecule has 0 spiro atoms. The van der Waals surface area contributed by atoms with E-state index in [1.165, 1.54) is 38.7 Å². The Labute approximate surface area is 138 Å². The Hall–Kier alpha value is -1.53. The van der Waals surface area contributed by atoms with Gasteiger partial charge in [0, 0.05) is 12.6 Å². The van der Waals surface area contributed by atoms with E-state index in [1.54, 1.807) is 6.07 Å². The molecule has 0 aliphatic heterocycles. The van der Waals surface area contributed by atoms with Gasteiger partial charge in [-0.25, -0.2) is 13.1 Å². The third kappa shape index (κ3) is 4.48. The van der Waals surface area contributed by atoms with E-state index in [9.17, 15) is 8.42 Å². The van der Waals surface area contributed by atoms with Gasteiger partial charge in [-0.3, -0.25) is 0 Å². The topological polar surface area (TPSA) is 64.6 Å². The summed E-state index contributed by atoms with van der Waals surface area (Å²) in [6.07, 6.45) is 7.59. The zero-order valence-electron chi connectivity index (χ0n) is 14.0. The van der Waals surface area contributed by atoms with Crippen molar-refractivity contribution in [1.29, 1.82) is 0 Å². The molecule has 0 bridgehead atoms. The van der Waals surface area contributed by atoms with Crippen molar-refractivity contribution in [3.05, 3.63) is 29.3 Å². The number of aryl methyl sites for hydroxylation is 1. The maximum atomic E-state index is 12.6. The molecule has 128 valence electrons. The molecule has 0 radical (unpaired) electrons. The molecule has 0 aromatic heterocycles. The average molecular weight is 339 g/mol. The van der Waals surface area contributed by atoms with E-state index >= 15 is 0 Å². The number of allylic oxidation sites excluding steroid dienone is 1. The molecule has 0 fully saturated rings. The fraction of sp³-hybridized carbons (Fsp3) is 0.529. The van der Waals surface area contributed by atoms with Gasteiger partial charge in [0.05, 0.1) is 14.2 Å². The summed E-state index contributed by atoms with van der Waals surface area (Å²) in [5, 5.41) is 0. The molecule has 6 heteroatoms. The number of nitrogens with one attached hydrogen (secondary N) is 1. The van der Waals surface area contributed by atoms with Crippen LogP contribution in [0.15, 0.2) is 28.7 Å². The van der Waals surface area contributed by atoms with Crippen LogP contribution in [0.25, 0.3) is 0 Å². The van der Waals surface area contributed by atoms with E-state index in [0.717, 1.165) is 24.8 Å². The fourth-order valence-electron chi connectivity index (χ4n) is 2.79. The SMILES string of the molecule is COc1cc(S(=O)(=O)NCCC2=CCCCC2)c(OC)cc1C. The van der Waals surface area contributed by atoms with Crippen molar-refractivity contribution in [3.63, 3.8) is 0 Å². The number of hydrogen-bond donors (Lipinski definition) is 1. The zero-order valence-corrected chi connectivity index (χ0v) is 14.8. The first-order valence-corrected chi connectivity index (χ1v) is 9.36. The van der Waals surface area contributed by atoms with E-state index in [0.29, 0.717) is 18.0 Å². The highest BCUT2D eigenvalue weighted by Gasteiger charge is 2.21. The molecule has 5 nitrogen and oxygen atoms in total. The second kappa shape index (κ2) is 7.84. The minimum atomic E-state index is -3.64. The Morgan fingerprint density at radius 2 is 1.87 bits per heavy atom. The average Bonchev–Trinajstić information content (AvgIpc) is 2.55. The summed E-state index contributed by atoms with van der Waals surface area (Å²) in [6.45, 7) is 2.24. The van der Waals surface area contributed by atoms with Gasteiger partial charge in [0.15, 0.2) is 0 Å². The molecule has 1 aliphatic rings. The maximum Gasteiger partial charge on any atom is 0.244 e. The highest BCUT2D eigenvalue weighted by atomic mass is 32.2. The second-order valence-corrected chi connectivity index (χ2v) is 7.46. The maximum absolute atomic E-state index is 12.6. The van der Waals surface area contributed by atoms with Crippen molar-refractivity contribution in [2.75, 3.05) is 20.8 Å². The Balaban J connectivity index is 2.13. The Bertz CT molecular complexity index is 680. The van der Waals surface area contributed by atoms with E-state index in [2.05, 4.69) is 10.8 Å². The van der Waals surface area contributed by atoms with E-state index in [4.69, 9.17) is 9.47 Å². The summed E-state index contributed by atoms with van der Waals surface area (Å²) >= 11 is 0. The fourth-order valence-corrected chi connectivity index (χ4v) is 3.98. The Morgan fingerprint density at radius 3 is 2.48 bits per heavy atom. The summed E-state index contributed by atoms with van der Waals surface area (Å²) in [7, 11) is -0.648. The normalized spacial score (nSPS) is 15.2. The largest absolute Gasteiger partial charge is 0.496 e. The van der Waals surface area contributed by atoms with Crippen molar-refractivity contribution in [2.45, 2.75) is 43.9 Å². The van der Waals surface area contributed by atoms with Crippen LogP contribution in [0.5, 0.6) is 11.5 Å². The van der Waals surface area contributed by atoms with Crippen molar-refractivity contribution >= 4 is 10.0 Å².